The van der Waals surface area contributed by atoms with E-state index in [2.05, 4.69) is 5.32 Å². The Morgan fingerprint density at radius 2 is 2.33 bits per heavy atom. The average molecular weight is 214 g/mol. The van der Waals surface area contributed by atoms with Crippen molar-refractivity contribution in [3.05, 3.63) is 0 Å². The van der Waals surface area contributed by atoms with Crippen molar-refractivity contribution in [3.8, 4) is 0 Å². The minimum Gasteiger partial charge on any atom is -0.376 e. The molecule has 0 spiro atoms. The number of nitrogens with zero attached hydrogens (tertiary/aromatic N) is 1. The predicted octanol–water partition coefficient (Wildman–Crippen LogP) is 1.61. The van der Waals surface area contributed by atoms with Crippen molar-refractivity contribution in [2.24, 2.45) is 0 Å². The quantitative estimate of drug-likeness (QED) is 0.772. The van der Waals surface area contributed by atoms with E-state index in [1.807, 2.05) is 14.0 Å². The summed E-state index contributed by atoms with van der Waals surface area (Å²) in [6.45, 7) is 4.34. The summed E-state index contributed by atoms with van der Waals surface area (Å²) < 4.78 is 5.58. The van der Waals surface area contributed by atoms with Crippen molar-refractivity contribution in [2.75, 3.05) is 26.7 Å². The molecule has 88 valence electrons. The van der Waals surface area contributed by atoms with Crippen molar-refractivity contribution in [1.29, 1.82) is 0 Å². The molecule has 1 fully saturated rings. The number of urea groups is 1. The van der Waals surface area contributed by atoms with Crippen LogP contribution in [0.15, 0.2) is 0 Å². The highest BCUT2D eigenvalue weighted by molar-refractivity contribution is 5.73. The maximum Gasteiger partial charge on any atom is 0.317 e. The van der Waals surface area contributed by atoms with Gasteiger partial charge in [0.1, 0.15) is 0 Å². The van der Waals surface area contributed by atoms with Gasteiger partial charge < -0.3 is 15.0 Å². The molecule has 1 aliphatic rings. The zero-order valence-electron chi connectivity index (χ0n) is 9.79. The van der Waals surface area contributed by atoms with E-state index in [0.717, 1.165) is 32.4 Å². The van der Waals surface area contributed by atoms with E-state index in [9.17, 15) is 4.79 Å². The standard InChI is InChI=1S/C11H22N2O2/c1-3-7-12-11(14)13(2)9-10-6-4-5-8-15-10/h10H,3-9H2,1-2H3,(H,12,14). The van der Waals surface area contributed by atoms with E-state index in [0.29, 0.717) is 6.54 Å². The number of rotatable bonds is 4. The molecule has 1 N–H and O–H groups in total. The van der Waals surface area contributed by atoms with Gasteiger partial charge in [-0.2, -0.15) is 0 Å². The van der Waals surface area contributed by atoms with Gasteiger partial charge in [-0.3, -0.25) is 0 Å². The summed E-state index contributed by atoms with van der Waals surface area (Å²) in [6, 6.07) is 0.00558. The monoisotopic (exact) mass is 214 g/mol. The van der Waals surface area contributed by atoms with Crippen LogP contribution < -0.4 is 5.32 Å². The van der Waals surface area contributed by atoms with Gasteiger partial charge in [0.2, 0.25) is 0 Å². The molecule has 1 atom stereocenters. The summed E-state index contributed by atoms with van der Waals surface area (Å²) in [6.07, 6.45) is 4.65. The van der Waals surface area contributed by atoms with Crippen molar-refractivity contribution in [3.63, 3.8) is 0 Å². The van der Waals surface area contributed by atoms with E-state index in [1.165, 1.54) is 6.42 Å². The third-order valence-corrected chi connectivity index (χ3v) is 2.62. The van der Waals surface area contributed by atoms with Gasteiger partial charge in [-0.15, -0.1) is 0 Å². The molecule has 0 aromatic heterocycles. The summed E-state index contributed by atoms with van der Waals surface area (Å²) in [7, 11) is 1.82. The van der Waals surface area contributed by atoms with Crippen molar-refractivity contribution in [2.45, 2.75) is 38.7 Å². The molecule has 1 unspecified atom stereocenters. The molecule has 15 heavy (non-hydrogen) atoms. The Bertz CT molecular complexity index is 191. The van der Waals surface area contributed by atoms with Crippen LogP contribution >= 0.6 is 0 Å². The molecule has 1 aliphatic heterocycles. The van der Waals surface area contributed by atoms with Crippen molar-refractivity contribution >= 4 is 6.03 Å². The lowest BCUT2D eigenvalue weighted by atomic mass is 10.1. The van der Waals surface area contributed by atoms with Gasteiger partial charge >= 0.3 is 6.03 Å². The lowest BCUT2D eigenvalue weighted by Crippen LogP contribution is -2.42. The van der Waals surface area contributed by atoms with Gasteiger partial charge in [-0.25, -0.2) is 4.79 Å². The van der Waals surface area contributed by atoms with Crippen LogP contribution in [-0.4, -0.2) is 43.8 Å². The van der Waals surface area contributed by atoms with Gasteiger partial charge in [0.05, 0.1) is 6.10 Å². The van der Waals surface area contributed by atoms with Crippen LogP contribution in [0.4, 0.5) is 4.79 Å². The fraction of sp³-hybridized carbons (Fsp3) is 0.909. The van der Waals surface area contributed by atoms with Gasteiger partial charge in [0.25, 0.3) is 0 Å². The summed E-state index contributed by atoms with van der Waals surface area (Å²) in [4.78, 5) is 13.2. The maximum atomic E-state index is 11.5. The van der Waals surface area contributed by atoms with Crippen LogP contribution in [-0.2, 0) is 4.74 Å². The number of hydrogen-bond acceptors (Lipinski definition) is 2. The number of nitrogens with one attached hydrogen (secondary N) is 1. The molecule has 0 aromatic rings. The lowest BCUT2D eigenvalue weighted by molar-refractivity contribution is 0.00388. The lowest BCUT2D eigenvalue weighted by Gasteiger charge is -2.27. The van der Waals surface area contributed by atoms with E-state index in [1.54, 1.807) is 4.90 Å². The fourth-order valence-corrected chi connectivity index (χ4v) is 1.71. The molecule has 0 aromatic carbocycles. The Morgan fingerprint density at radius 3 is 2.93 bits per heavy atom. The van der Waals surface area contributed by atoms with E-state index in [4.69, 9.17) is 4.74 Å². The number of carbonyl (C=O) groups excluding carboxylic acids is 1. The zero-order valence-corrected chi connectivity index (χ0v) is 9.79. The second kappa shape index (κ2) is 6.67. The van der Waals surface area contributed by atoms with Crippen LogP contribution in [0.1, 0.15) is 32.6 Å². The second-order valence-corrected chi connectivity index (χ2v) is 4.10. The molecule has 0 bridgehead atoms. The number of hydrogen-bond donors (Lipinski definition) is 1. The zero-order chi connectivity index (χ0) is 11.1. The Kier molecular flexibility index (Phi) is 5.47. The SMILES string of the molecule is CCCNC(=O)N(C)CC1CCCCO1. The van der Waals surface area contributed by atoms with Gasteiger partial charge in [-0.05, 0) is 25.7 Å². The first-order valence-corrected chi connectivity index (χ1v) is 5.84. The number of amides is 2. The first-order chi connectivity index (χ1) is 7.24. The molecule has 4 nitrogen and oxygen atoms in total. The molecule has 4 heteroatoms. The number of ether oxygens (including phenoxy) is 1. The Balaban J connectivity index is 2.20. The summed E-state index contributed by atoms with van der Waals surface area (Å²) in [5.74, 6) is 0. The van der Waals surface area contributed by atoms with Gasteiger partial charge in [-0.1, -0.05) is 6.92 Å². The Hall–Kier alpha value is -0.770. The molecule has 0 saturated carbocycles. The molecule has 1 heterocycles. The average Bonchev–Trinajstić information content (AvgIpc) is 2.27. The van der Waals surface area contributed by atoms with Crippen LogP contribution in [0.3, 0.4) is 0 Å². The summed E-state index contributed by atoms with van der Waals surface area (Å²) in [5, 5.41) is 2.85. The van der Waals surface area contributed by atoms with E-state index in [-0.39, 0.29) is 12.1 Å². The first kappa shape index (κ1) is 12.3. The highest BCUT2D eigenvalue weighted by atomic mass is 16.5. The molecule has 1 saturated heterocycles. The topological polar surface area (TPSA) is 41.6 Å². The van der Waals surface area contributed by atoms with Crippen molar-refractivity contribution in [1.82, 2.24) is 10.2 Å². The third kappa shape index (κ3) is 4.51. The minimum atomic E-state index is 0.00558. The highest BCUT2D eigenvalue weighted by Gasteiger charge is 2.18. The number of likely N-dealkylation sites (N-methyl/N-ethyl adjacent to an activating group) is 1. The highest BCUT2D eigenvalue weighted by Crippen LogP contribution is 2.13. The smallest absolute Gasteiger partial charge is 0.317 e. The molecule has 2 amide bonds. The molecule has 1 rings (SSSR count). The Morgan fingerprint density at radius 1 is 1.53 bits per heavy atom. The second-order valence-electron chi connectivity index (χ2n) is 4.10. The molecule has 0 aliphatic carbocycles. The van der Waals surface area contributed by atoms with E-state index >= 15 is 0 Å². The van der Waals surface area contributed by atoms with Crippen LogP contribution in [0.2, 0.25) is 0 Å². The predicted molar refractivity (Wildman–Crippen MR) is 59.9 cm³/mol. The first-order valence-electron chi connectivity index (χ1n) is 5.84. The van der Waals surface area contributed by atoms with Crippen LogP contribution in [0.25, 0.3) is 0 Å². The summed E-state index contributed by atoms with van der Waals surface area (Å²) >= 11 is 0. The third-order valence-electron chi connectivity index (χ3n) is 2.62. The molecule has 0 radical (unpaired) electrons. The summed E-state index contributed by atoms with van der Waals surface area (Å²) in [5.41, 5.74) is 0. The minimum absolute atomic E-state index is 0.00558. The van der Waals surface area contributed by atoms with Crippen LogP contribution in [0.5, 0.6) is 0 Å². The van der Waals surface area contributed by atoms with E-state index < -0.39 is 0 Å². The van der Waals surface area contributed by atoms with Crippen molar-refractivity contribution < 1.29 is 9.53 Å². The molecular formula is C11H22N2O2. The largest absolute Gasteiger partial charge is 0.376 e. The Labute approximate surface area is 92.0 Å². The normalized spacial score (nSPS) is 21.1. The fourth-order valence-electron chi connectivity index (χ4n) is 1.71. The maximum absolute atomic E-state index is 11.5. The molecular weight excluding hydrogens is 192 g/mol. The van der Waals surface area contributed by atoms with Gasteiger partial charge in [0, 0.05) is 26.7 Å². The number of carbonyl (C=O) groups is 1. The van der Waals surface area contributed by atoms with Gasteiger partial charge in [0.15, 0.2) is 0 Å². The van der Waals surface area contributed by atoms with Crippen LogP contribution in [0, 0.1) is 0 Å².